The van der Waals surface area contributed by atoms with E-state index in [1.54, 1.807) is 0 Å². The highest BCUT2D eigenvalue weighted by atomic mass is 19.2. The average Bonchev–Trinajstić information content (AvgIpc) is 1.59. The van der Waals surface area contributed by atoms with Gasteiger partial charge in [-0.1, -0.05) is 27.7 Å². The van der Waals surface area contributed by atoms with Gasteiger partial charge in [0.05, 0.1) is 0 Å². The lowest BCUT2D eigenvalue weighted by Crippen LogP contribution is -1.93. The summed E-state index contributed by atoms with van der Waals surface area (Å²) >= 11 is 0. The molecule has 0 nitrogen and oxygen atoms in total. The third kappa shape index (κ3) is 42.8. The Morgan fingerprint density at radius 1 is 0.818 bits per heavy atom. The van der Waals surface area contributed by atoms with Crippen LogP contribution in [-0.4, -0.2) is 0 Å². The van der Waals surface area contributed by atoms with Gasteiger partial charge in [0.1, 0.15) is 11.7 Å². The smallest absolute Gasteiger partial charge is 0.128 e. The Bertz CT molecular complexity index is 105. The molecule has 11 heavy (non-hydrogen) atoms. The fourth-order valence-electron chi connectivity index (χ4n) is 0. The molecule has 0 aromatic rings. The Labute approximate surface area is 68.3 Å². The molecule has 68 valence electrons. The van der Waals surface area contributed by atoms with Crippen LogP contribution in [0.15, 0.2) is 11.7 Å². The fraction of sp³-hybridized carbons (Fsp3) is 0.778. The van der Waals surface area contributed by atoms with E-state index in [0.29, 0.717) is 5.41 Å². The minimum Gasteiger partial charge on any atom is -0.209 e. The lowest BCUT2D eigenvalue weighted by Gasteiger charge is -2.05. The molecule has 0 saturated heterocycles. The second-order valence-electron chi connectivity index (χ2n) is 4.07. The van der Waals surface area contributed by atoms with Crippen molar-refractivity contribution in [2.45, 2.75) is 41.5 Å². The monoisotopic (exact) mass is 164 g/mol. The van der Waals surface area contributed by atoms with Crippen LogP contribution in [0.2, 0.25) is 0 Å². The predicted molar refractivity (Wildman–Crippen MR) is 45.7 cm³/mol. The summed E-state index contributed by atoms with van der Waals surface area (Å²) in [6.45, 7) is 10.9. The third-order valence-electron chi connectivity index (χ3n) is 0.475. The summed E-state index contributed by atoms with van der Waals surface area (Å²) in [5.74, 6) is -1.48. The summed E-state index contributed by atoms with van der Waals surface area (Å²) in [7, 11) is 0. The zero-order valence-corrected chi connectivity index (χ0v) is 8.26. The van der Waals surface area contributed by atoms with Gasteiger partial charge >= 0.3 is 0 Å². The van der Waals surface area contributed by atoms with E-state index < -0.39 is 11.7 Å². The van der Waals surface area contributed by atoms with E-state index in [2.05, 4.69) is 27.7 Å². The van der Waals surface area contributed by atoms with Gasteiger partial charge in [0.15, 0.2) is 0 Å². The molecule has 0 fully saturated rings. The lowest BCUT2D eigenvalue weighted by molar-refractivity contribution is 0.469. The molecular formula is C9H18F2. The molecular weight excluding hydrogens is 146 g/mol. The van der Waals surface area contributed by atoms with Gasteiger partial charge in [0.25, 0.3) is 0 Å². The minimum atomic E-state index is -0.741. The van der Waals surface area contributed by atoms with E-state index in [1.807, 2.05) is 0 Å². The van der Waals surface area contributed by atoms with Crippen LogP contribution in [-0.2, 0) is 0 Å². The maximum atomic E-state index is 11.3. The molecule has 0 saturated carbocycles. The van der Waals surface area contributed by atoms with Crippen molar-refractivity contribution < 1.29 is 8.78 Å². The van der Waals surface area contributed by atoms with Crippen molar-refractivity contribution in [2.24, 2.45) is 5.41 Å². The van der Waals surface area contributed by atoms with Crippen LogP contribution in [0.4, 0.5) is 8.78 Å². The molecule has 0 radical (unpaired) electrons. The van der Waals surface area contributed by atoms with Crippen LogP contribution in [0.3, 0.4) is 0 Å². The molecule has 2 heteroatoms. The minimum absolute atomic E-state index is 0.500. The summed E-state index contributed by atoms with van der Waals surface area (Å²) in [5.41, 5.74) is 0.500. The first-order valence-electron chi connectivity index (χ1n) is 3.63. The van der Waals surface area contributed by atoms with Gasteiger partial charge in [0.2, 0.25) is 0 Å². The van der Waals surface area contributed by atoms with Gasteiger partial charge in [-0.05, 0) is 19.3 Å². The van der Waals surface area contributed by atoms with Gasteiger partial charge in [0, 0.05) is 0 Å². The van der Waals surface area contributed by atoms with Crippen molar-refractivity contribution in [1.29, 1.82) is 0 Å². The highest BCUT2D eigenvalue weighted by molar-refractivity contribution is 4.90. The Morgan fingerprint density at radius 3 is 0.909 bits per heavy atom. The van der Waals surface area contributed by atoms with E-state index in [1.165, 1.54) is 0 Å². The zero-order valence-electron chi connectivity index (χ0n) is 8.26. The lowest BCUT2D eigenvalue weighted by atomic mass is 10.0. The van der Waals surface area contributed by atoms with Crippen LogP contribution < -0.4 is 0 Å². The first kappa shape index (κ1) is 13.2. The number of rotatable bonds is 0. The summed E-state index contributed by atoms with van der Waals surface area (Å²) in [4.78, 5) is 0. The Hall–Kier alpha value is -0.400. The molecule has 0 aromatic heterocycles. The maximum Gasteiger partial charge on any atom is 0.128 e. The normalized spacial score (nSPS) is 13.1. The molecule has 0 aromatic carbocycles. The van der Waals surface area contributed by atoms with Gasteiger partial charge < -0.3 is 0 Å². The van der Waals surface area contributed by atoms with Gasteiger partial charge in [-0.15, -0.1) is 0 Å². The van der Waals surface area contributed by atoms with E-state index >= 15 is 0 Å². The first-order chi connectivity index (χ1) is 4.64. The number of halogens is 2. The van der Waals surface area contributed by atoms with E-state index in [0.717, 1.165) is 13.8 Å². The summed E-state index contributed by atoms with van der Waals surface area (Å²) in [5, 5.41) is 0. The predicted octanol–water partition coefficient (Wildman–Crippen LogP) is 4.23. The molecule has 0 heterocycles. The number of hydrogen-bond acceptors (Lipinski definition) is 0. The van der Waals surface area contributed by atoms with Crippen LogP contribution >= 0.6 is 0 Å². The van der Waals surface area contributed by atoms with Crippen molar-refractivity contribution in [1.82, 2.24) is 0 Å². The summed E-state index contributed by atoms with van der Waals surface area (Å²) in [6.07, 6.45) is 0. The largest absolute Gasteiger partial charge is 0.209 e. The molecule has 0 amide bonds. The van der Waals surface area contributed by atoms with Gasteiger partial charge in [-0.25, -0.2) is 8.78 Å². The van der Waals surface area contributed by atoms with Crippen LogP contribution in [0.1, 0.15) is 41.5 Å². The maximum absolute atomic E-state index is 11.3. The third-order valence-corrected chi connectivity index (χ3v) is 0.475. The average molecular weight is 164 g/mol. The number of hydrogen-bond donors (Lipinski definition) is 0. The summed E-state index contributed by atoms with van der Waals surface area (Å²) in [6, 6.07) is 0. The quantitative estimate of drug-likeness (QED) is 0.502. The van der Waals surface area contributed by atoms with E-state index in [4.69, 9.17) is 0 Å². The van der Waals surface area contributed by atoms with Crippen LogP contribution in [0.25, 0.3) is 0 Å². The van der Waals surface area contributed by atoms with E-state index in [-0.39, 0.29) is 0 Å². The molecule has 0 rings (SSSR count). The van der Waals surface area contributed by atoms with Crippen molar-refractivity contribution in [3.05, 3.63) is 11.7 Å². The van der Waals surface area contributed by atoms with Crippen molar-refractivity contribution in [3.63, 3.8) is 0 Å². The molecule has 0 aliphatic heterocycles. The highest BCUT2D eigenvalue weighted by Crippen LogP contribution is 2.08. The number of allylic oxidation sites excluding steroid dienone is 2. The van der Waals surface area contributed by atoms with E-state index in [9.17, 15) is 8.78 Å². The van der Waals surface area contributed by atoms with Crippen LogP contribution in [0.5, 0.6) is 0 Å². The molecule has 0 unspecified atom stereocenters. The SMILES string of the molecule is C/C(F)=C(/C)F.CC(C)(C)C. The van der Waals surface area contributed by atoms with Crippen molar-refractivity contribution >= 4 is 0 Å². The van der Waals surface area contributed by atoms with Crippen LogP contribution in [0, 0.1) is 5.41 Å². The first-order valence-corrected chi connectivity index (χ1v) is 3.63. The Kier molecular flexibility index (Phi) is 6.34. The van der Waals surface area contributed by atoms with Gasteiger partial charge in [-0.2, -0.15) is 0 Å². The van der Waals surface area contributed by atoms with Gasteiger partial charge in [-0.3, -0.25) is 0 Å². The molecule has 0 aliphatic rings. The second-order valence-corrected chi connectivity index (χ2v) is 4.07. The Morgan fingerprint density at radius 2 is 0.909 bits per heavy atom. The topological polar surface area (TPSA) is 0 Å². The van der Waals surface area contributed by atoms with Crippen molar-refractivity contribution in [2.75, 3.05) is 0 Å². The molecule has 0 N–H and O–H groups in total. The Balaban J connectivity index is 0. The molecule has 0 aliphatic carbocycles. The standard InChI is InChI=1S/C5H12.C4H6F2/c1-5(2,3)4;1-3(5)4(2)6/h1-4H3;1-2H3/b;4-3+. The summed E-state index contributed by atoms with van der Waals surface area (Å²) < 4.78 is 22.7. The highest BCUT2D eigenvalue weighted by Gasteiger charge is 1.95. The molecule has 0 bridgehead atoms. The second kappa shape index (κ2) is 5.28. The van der Waals surface area contributed by atoms with Crippen molar-refractivity contribution in [3.8, 4) is 0 Å². The fourth-order valence-corrected chi connectivity index (χ4v) is 0. The molecule has 0 spiro atoms. The zero-order chi connectivity index (χ0) is 9.65. The molecule has 0 atom stereocenters.